The number of hydrogen-bond donors (Lipinski definition) is 1. The molecule has 0 radical (unpaired) electrons. The second-order valence-electron chi connectivity index (χ2n) is 7.73. The average Bonchev–Trinajstić information content (AvgIpc) is 3.16. The standard InChI is InChI=1S/C19H22F3N5O2S/c1-26-16(28)13(30-12-3-2-7-24-14(12)19(20,21)22)15(23)25-17(26)27-8-4-18(5-9-27)6-10-29-11-18/h2-3,7H,4-6,8-11,23H2,1H3. The first-order valence-corrected chi connectivity index (χ1v) is 10.4. The van der Waals surface area contributed by atoms with Crippen LogP contribution in [-0.2, 0) is 18.0 Å². The van der Waals surface area contributed by atoms with E-state index < -0.39 is 17.4 Å². The van der Waals surface area contributed by atoms with Crippen molar-refractivity contribution >= 4 is 23.5 Å². The van der Waals surface area contributed by atoms with Crippen LogP contribution in [0.5, 0.6) is 0 Å². The van der Waals surface area contributed by atoms with E-state index in [4.69, 9.17) is 10.5 Å². The van der Waals surface area contributed by atoms with Crippen LogP contribution in [0.1, 0.15) is 25.0 Å². The van der Waals surface area contributed by atoms with Crippen molar-refractivity contribution in [3.8, 4) is 0 Å². The number of nitrogens with two attached hydrogens (primary N) is 1. The van der Waals surface area contributed by atoms with Crippen LogP contribution in [0.4, 0.5) is 24.9 Å². The van der Waals surface area contributed by atoms with E-state index in [1.54, 1.807) is 7.05 Å². The van der Waals surface area contributed by atoms with Gasteiger partial charge in [-0.3, -0.25) is 14.3 Å². The minimum atomic E-state index is -4.63. The Bertz CT molecular complexity index is 995. The predicted molar refractivity (Wildman–Crippen MR) is 107 cm³/mol. The van der Waals surface area contributed by atoms with Crippen LogP contribution < -0.4 is 16.2 Å². The fourth-order valence-electron chi connectivity index (χ4n) is 3.99. The predicted octanol–water partition coefficient (Wildman–Crippen LogP) is 2.93. The molecule has 11 heteroatoms. The van der Waals surface area contributed by atoms with Crippen LogP contribution in [-0.4, -0.2) is 40.8 Å². The van der Waals surface area contributed by atoms with Gasteiger partial charge in [-0.05, 0) is 36.8 Å². The fraction of sp³-hybridized carbons (Fsp3) is 0.526. The van der Waals surface area contributed by atoms with Crippen LogP contribution in [0.2, 0.25) is 0 Å². The van der Waals surface area contributed by atoms with Gasteiger partial charge in [-0.25, -0.2) is 0 Å². The van der Waals surface area contributed by atoms with Crippen molar-refractivity contribution in [2.75, 3.05) is 36.9 Å². The Hall–Kier alpha value is -2.27. The van der Waals surface area contributed by atoms with Crippen molar-refractivity contribution in [3.63, 3.8) is 0 Å². The molecule has 0 atom stereocenters. The second-order valence-corrected chi connectivity index (χ2v) is 8.78. The van der Waals surface area contributed by atoms with Gasteiger partial charge in [0.25, 0.3) is 5.56 Å². The van der Waals surface area contributed by atoms with Gasteiger partial charge in [0.15, 0.2) is 5.69 Å². The van der Waals surface area contributed by atoms with Crippen molar-refractivity contribution in [1.82, 2.24) is 14.5 Å². The van der Waals surface area contributed by atoms with E-state index in [1.165, 1.54) is 16.7 Å². The number of aromatic nitrogens is 3. The molecule has 2 aliphatic rings. The smallest absolute Gasteiger partial charge is 0.382 e. The first kappa shape index (κ1) is 21.0. The molecule has 2 aromatic heterocycles. The minimum absolute atomic E-state index is 0.0441. The summed E-state index contributed by atoms with van der Waals surface area (Å²) in [4.78, 5) is 22.5. The van der Waals surface area contributed by atoms with Crippen LogP contribution in [0.15, 0.2) is 32.9 Å². The number of rotatable bonds is 3. The lowest BCUT2D eigenvalue weighted by atomic mass is 9.78. The number of piperidine rings is 1. The molecule has 0 bridgehead atoms. The lowest BCUT2D eigenvalue weighted by Gasteiger charge is -2.39. The Morgan fingerprint density at radius 3 is 2.63 bits per heavy atom. The summed E-state index contributed by atoms with van der Waals surface area (Å²) < 4.78 is 46.6. The number of hydrogen-bond acceptors (Lipinski definition) is 7. The van der Waals surface area contributed by atoms with Crippen molar-refractivity contribution in [2.45, 2.75) is 35.2 Å². The summed E-state index contributed by atoms with van der Waals surface area (Å²) in [7, 11) is 1.56. The molecule has 2 saturated heterocycles. The number of halogens is 3. The topological polar surface area (TPSA) is 86.3 Å². The number of nitrogens with zero attached hydrogens (tertiary/aromatic N) is 4. The molecule has 2 aromatic rings. The fourth-order valence-corrected chi connectivity index (χ4v) is 4.99. The second kappa shape index (κ2) is 7.77. The highest BCUT2D eigenvalue weighted by atomic mass is 32.2. The van der Waals surface area contributed by atoms with Gasteiger partial charge in [0.2, 0.25) is 5.95 Å². The number of ether oxygens (including phenoxy) is 1. The van der Waals surface area contributed by atoms with Crippen molar-refractivity contribution in [1.29, 1.82) is 0 Å². The Morgan fingerprint density at radius 1 is 1.27 bits per heavy atom. The van der Waals surface area contributed by atoms with E-state index in [1.807, 2.05) is 4.90 Å². The third-order valence-corrected chi connectivity index (χ3v) is 6.93. The van der Waals surface area contributed by atoms with Gasteiger partial charge < -0.3 is 15.4 Å². The average molecular weight is 441 g/mol. The summed E-state index contributed by atoms with van der Waals surface area (Å²) in [5.74, 6) is 0.345. The van der Waals surface area contributed by atoms with Crippen molar-refractivity contribution in [2.24, 2.45) is 12.5 Å². The van der Waals surface area contributed by atoms with Gasteiger partial charge in [-0.1, -0.05) is 11.8 Å². The maximum Gasteiger partial charge on any atom is 0.434 e. The molecule has 162 valence electrons. The SMILES string of the molecule is Cn1c(N2CCC3(CCOC3)CC2)nc(N)c(Sc2cccnc2C(F)(F)F)c1=O. The molecule has 7 nitrogen and oxygen atoms in total. The zero-order valence-electron chi connectivity index (χ0n) is 16.4. The molecule has 30 heavy (non-hydrogen) atoms. The molecule has 0 amide bonds. The van der Waals surface area contributed by atoms with Crippen molar-refractivity contribution in [3.05, 3.63) is 34.4 Å². The third-order valence-electron chi connectivity index (χ3n) is 5.80. The molecule has 0 unspecified atom stereocenters. The molecule has 1 spiro atoms. The van der Waals surface area contributed by atoms with E-state index in [0.717, 1.165) is 51.8 Å². The Labute approximate surface area is 175 Å². The first-order chi connectivity index (χ1) is 14.2. The Kier molecular flexibility index (Phi) is 5.43. The van der Waals surface area contributed by atoms with Crippen LogP contribution in [0.25, 0.3) is 0 Å². The highest BCUT2D eigenvalue weighted by Gasteiger charge is 2.39. The summed E-state index contributed by atoms with van der Waals surface area (Å²) in [6.07, 6.45) is -0.662. The molecule has 2 N–H and O–H groups in total. The van der Waals surface area contributed by atoms with E-state index in [0.29, 0.717) is 17.7 Å². The van der Waals surface area contributed by atoms with E-state index in [2.05, 4.69) is 9.97 Å². The quantitative estimate of drug-likeness (QED) is 0.784. The van der Waals surface area contributed by atoms with Crippen molar-refractivity contribution < 1.29 is 17.9 Å². The molecule has 2 aliphatic heterocycles. The zero-order valence-corrected chi connectivity index (χ0v) is 17.2. The molecule has 0 aliphatic carbocycles. The summed E-state index contributed by atoms with van der Waals surface area (Å²) in [5, 5.41) is 0. The van der Waals surface area contributed by atoms with E-state index in [-0.39, 0.29) is 21.0 Å². The highest BCUT2D eigenvalue weighted by molar-refractivity contribution is 7.99. The lowest BCUT2D eigenvalue weighted by molar-refractivity contribution is -0.143. The summed E-state index contributed by atoms with van der Waals surface area (Å²) in [6.45, 7) is 2.98. The lowest BCUT2D eigenvalue weighted by Crippen LogP contribution is -2.43. The summed E-state index contributed by atoms with van der Waals surface area (Å²) in [6, 6.07) is 2.65. The van der Waals surface area contributed by atoms with Crippen LogP contribution >= 0.6 is 11.8 Å². The Morgan fingerprint density at radius 2 is 2.00 bits per heavy atom. The zero-order chi connectivity index (χ0) is 21.5. The number of nitrogen functional groups attached to an aromatic ring is 1. The van der Waals surface area contributed by atoms with E-state index in [9.17, 15) is 18.0 Å². The normalized spacial score (nSPS) is 18.9. The summed E-state index contributed by atoms with van der Waals surface area (Å²) >= 11 is 0.641. The first-order valence-electron chi connectivity index (χ1n) is 9.59. The third kappa shape index (κ3) is 3.87. The van der Waals surface area contributed by atoms with Gasteiger partial charge in [0.05, 0.1) is 6.61 Å². The Balaban J connectivity index is 1.61. The monoisotopic (exact) mass is 441 g/mol. The molecule has 4 rings (SSSR count). The maximum atomic E-state index is 13.2. The molecule has 0 aromatic carbocycles. The van der Waals surface area contributed by atoms with Gasteiger partial charge in [0.1, 0.15) is 10.7 Å². The van der Waals surface area contributed by atoms with E-state index >= 15 is 0 Å². The molecule has 4 heterocycles. The highest BCUT2D eigenvalue weighted by Crippen LogP contribution is 2.41. The summed E-state index contributed by atoms with van der Waals surface area (Å²) in [5.41, 5.74) is 4.69. The minimum Gasteiger partial charge on any atom is -0.382 e. The number of alkyl halides is 3. The van der Waals surface area contributed by atoms with Crippen LogP contribution in [0, 0.1) is 5.41 Å². The molecule has 2 fully saturated rings. The molecule has 0 saturated carbocycles. The molecular weight excluding hydrogens is 419 g/mol. The number of pyridine rings is 1. The largest absolute Gasteiger partial charge is 0.434 e. The van der Waals surface area contributed by atoms with Crippen LogP contribution in [0.3, 0.4) is 0 Å². The number of anilines is 2. The van der Waals surface area contributed by atoms with Gasteiger partial charge >= 0.3 is 6.18 Å². The van der Waals surface area contributed by atoms with Gasteiger partial charge in [-0.2, -0.15) is 18.2 Å². The molecular formula is C19H22F3N5O2S. The van der Waals surface area contributed by atoms with Gasteiger partial charge in [0, 0.05) is 37.8 Å². The van der Waals surface area contributed by atoms with Gasteiger partial charge in [-0.15, -0.1) is 0 Å². The maximum absolute atomic E-state index is 13.2.